The van der Waals surface area contributed by atoms with E-state index < -0.39 is 23.5 Å². The van der Waals surface area contributed by atoms with Crippen molar-refractivity contribution in [3.63, 3.8) is 0 Å². The predicted molar refractivity (Wildman–Crippen MR) is 66.7 cm³/mol. The Bertz CT molecular complexity index is 545. The second-order valence-electron chi connectivity index (χ2n) is 3.96. The van der Waals surface area contributed by atoms with E-state index in [1.807, 2.05) is 0 Å². The molecule has 0 fully saturated rings. The van der Waals surface area contributed by atoms with Gasteiger partial charge < -0.3 is 4.74 Å². The number of hydrogen-bond donors (Lipinski definition) is 0. The van der Waals surface area contributed by atoms with E-state index in [-0.39, 0.29) is 17.7 Å². The first kappa shape index (κ1) is 15.9. The monoisotopic (exact) mass is 286 g/mol. The van der Waals surface area contributed by atoms with Gasteiger partial charge in [0, 0.05) is 0 Å². The van der Waals surface area contributed by atoms with Crippen molar-refractivity contribution in [3.05, 3.63) is 41.0 Å². The Morgan fingerprint density at radius 3 is 2.45 bits per heavy atom. The first-order valence-electron chi connectivity index (χ1n) is 5.82. The van der Waals surface area contributed by atoms with Crippen molar-refractivity contribution in [3.8, 4) is 0 Å². The molecule has 0 heterocycles. The standard InChI is InChI=1S/C14H13F3O3/c1-3-20-13(19)12(9(2)18)8-10-5-4-6-11(7-10)14(15,16)17/h4-8H,3H2,1-2H3. The number of rotatable bonds is 4. The van der Waals surface area contributed by atoms with Crippen LogP contribution in [0.2, 0.25) is 0 Å². The number of alkyl halides is 3. The van der Waals surface area contributed by atoms with Crippen molar-refractivity contribution in [1.29, 1.82) is 0 Å². The van der Waals surface area contributed by atoms with Crippen LogP contribution in [0.1, 0.15) is 25.0 Å². The van der Waals surface area contributed by atoms with Crippen LogP contribution >= 0.6 is 0 Å². The third-order valence-electron chi connectivity index (χ3n) is 2.40. The highest BCUT2D eigenvalue weighted by Gasteiger charge is 2.30. The summed E-state index contributed by atoms with van der Waals surface area (Å²) in [5.41, 5.74) is -1.03. The topological polar surface area (TPSA) is 43.4 Å². The lowest BCUT2D eigenvalue weighted by Crippen LogP contribution is -2.13. The molecule has 0 aromatic heterocycles. The Hall–Kier alpha value is -2.11. The Kier molecular flexibility index (Phi) is 5.07. The lowest BCUT2D eigenvalue weighted by atomic mass is 10.1. The third-order valence-corrected chi connectivity index (χ3v) is 2.40. The van der Waals surface area contributed by atoms with Gasteiger partial charge >= 0.3 is 12.1 Å². The van der Waals surface area contributed by atoms with E-state index in [4.69, 9.17) is 0 Å². The van der Waals surface area contributed by atoms with Gasteiger partial charge in [-0.2, -0.15) is 13.2 Å². The van der Waals surface area contributed by atoms with Crippen LogP contribution in [-0.4, -0.2) is 18.4 Å². The largest absolute Gasteiger partial charge is 0.462 e. The maximum absolute atomic E-state index is 12.6. The number of esters is 1. The Balaban J connectivity index is 3.18. The SMILES string of the molecule is CCOC(=O)C(=Cc1cccc(C(F)(F)F)c1)C(C)=O. The van der Waals surface area contributed by atoms with Gasteiger partial charge in [0.25, 0.3) is 0 Å². The van der Waals surface area contributed by atoms with Gasteiger partial charge in [-0.3, -0.25) is 4.79 Å². The molecule has 0 N–H and O–H groups in total. The molecule has 1 aromatic carbocycles. The van der Waals surface area contributed by atoms with E-state index in [1.165, 1.54) is 12.1 Å². The number of Topliss-reactive ketones (excluding diaryl/α,β-unsaturated/α-hetero) is 1. The molecule has 6 heteroatoms. The lowest BCUT2D eigenvalue weighted by molar-refractivity contribution is -0.140. The Morgan fingerprint density at radius 2 is 1.95 bits per heavy atom. The second-order valence-corrected chi connectivity index (χ2v) is 3.96. The molecule has 0 unspecified atom stereocenters. The molecule has 0 radical (unpaired) electrons. The summed E-state index contributed by atoms with van der Waals surface area (Å²) in [6, 6.07) is 4.35. The number of halogens is 3. The quantitative estimate of drug-likeness (QED) is 0.369. The van der Waals surface area contributed by atoms with Crippen molar-refractivity contribution >= 4 is 17.8 Å². The van der Waals surface area contributed by atoms with E-state index in [0.29, 0.717) is 0 Å². The smallest absolute Gasteiger partial charge is 0.416 e. The van der Waals surface area contributed by atoms with Crippen molar-refractivity contribution in [1.82, 2.24) is 0 Å². The fourth-order valence-electron chi connectivity index (χ4n) is 1.48. The van der Waals surface area contributed by atoms with Crippen LogP contribution in [0.3, 0.4) is 0 Å². The molecule has 0 atom stereocenters. The number of hydrogen-bond acceptors (Lipinski definition) is 3. The molecule has 0 spiro atoms. The number of benzene rings is 1. The van der Waals surface area contributed by atoms with Crippen molar-refractivity contribution in [2.45, 2.75) is 20.0 Å². The van der Waals surface area contributed by atoms with Gasteiger partial charge in [0.05, 0.1) is 12.2 Å². The van der Waals surface area contributed by atoms with E-state index in [0.717, 1.165) is 25.1 Å². The highest BCUT2D eigenvalue weighted by Crippen LogP contribution is 2.30. The molecule has 0 amide bonds. The minimum Gasteiger partial charge on any atom is -0.462 e. The van der Waals surface area contributed by atoms with E-state index in [2.05, 4.69) is 4.74 Å². The summed E-state index contributed by atoms with van der Waals surface area (Å²) in [5, 5.41) is 0. The summed E-state index contributed by atoms with van der Waals surface area (Å²) < 4.78 is 42.4. The van der Waals surface area contributed by atoms with E-state index in [1.54, 1.807) is 6.92 Å². The first-order valence-corrected chi connectivity index (χ1v) is 5.82. The van der Waals surface area contributed by atoms with Crippen LogP contribution in [0.25, 0.3) is 6.08 Å². The summed E-state index contributed by atoms with van der Waals surface area (Å²) in [6.45, 7) is 2.79. The molecule has 1 rings (SSSR count). The van der Waals surface area contributed by atoms with Crippen LogP contribution in [0, 0.1) is 0 Å². The number of ketones is 1. The zero-order chi connectivity index (χ0) is 15.3. The number of carbonyl (C=O) groups is 2. The van der Waals surface area contributed by atoms with Gasteiger partial charge in [0.1, 0.15) is 5.57 Å². The fourth-order valence-corrected chi connectivity index (χ4v) is 1.48. The van der Waals surface area contributed by atoms with E-state index in [9.17, 15) is 22.8 Å². The van der Waals surface area contributed by atoms with Crippen LogP contribution in [0.15, 0.2) is 29.8 Å². The minimum absolute atomic E-state index is 0.0754. The molecule has 0 aliphatic rings. The summed E-state index contributed by atoms with van der Waals surface area (Å²) in [5.74, 6) is -1.42. The van der Waals surface area contributed by atoms with Gasteiger partial charge in [-0.05, 0) is 37.6 Å². The van der Waals surface area contributed by atoms with Gasteiger partial charge in [-0.1, -0.05) is 12.1 Å². The summed E-state index contributed by atoms with van der Waals surface area (Å²) in [6.07, 6.45) is -3.39. The van der Waals surface area contributed by atoms with Crippen LogP contribution < -0.4 is 0 Å². The molecule has 0 saturated carbocycles. The molecular weight excluding hydrogens is 273 g/mol. The van der Waals surface area contributed by atoms with Crippen LogP contribution in [0.4, 0.5) is 13.2 Å². The van der Waals surface area contributed by atoms with Gasteiger partial charge in [0.2, 0.25) is 0 Å². The zero-order valence-corrected chi connectivity index (χ0v) is 11.0. The molecule has 108 valence electrons. The first-order chi connectivity index (χ1) is 9.25. The van der Waals surface area contributed by atoms with E-state index >= 15 is 0 Å². The van der Waals surface area contributed by atoms with Crippen molar-refractivity contribution < 1.29 is 27.5 Å². The normalized spacial score (nSPS) is 12.2. The number of carbonyl (C=O) groups excluding carboxylic acids is 2. The number of ether oxygens (including phenoxy) is 1. The van der Waals surface area contributed by atoms with Gasteiger partial charge in [-0.15, -0.1) is 0 Å². The molecular formula is C14H13F3O3. The Labute approximate surface area is 114 Å². The second kappa shape index (κ2) is 6.36. The van der Waals surface area contributed by atoms with Crippen LogP contribution in [-0.2, 0) is 20.5 Å². The minimum atomic E-state index is -4.48. The third kappa shape index (κ3) is 4.22. The predicted octanol–water partition coefficient (Wildman–Crippen LogP) is 3.24. The van der Waals surface area contributed by atoms with Crippen LogP contribution in [0.5, 0.6) is 0 Å². The maximum Gasteiger partial charge on any atom is 0.416 e. The average molecular weight is 286 g/mol. The lowest BCUT2D eigenvalue weighted by Gasteiger charge is -2.08. The molecule has 0 aliphatic carbocycles. The molecule has 1 aromatic rings. The average Bonchev–Trinajstić information content (AvgIpc) is 2.35. The molecule has 20 heavy (non-hydrogen) atoms. The van der Waals surface area contributed by atoms with Crippen molar-refractivity contribution in [2.75, 3.05) is 6.61 Å². The molecule has 0 aliphatic heterocycles. The van der Waals surface area contributed by atoms with Gasteiger partial charge in [0.15, 0.2) is 5.78 Å². The molecule has 0 saturated heterocycles. The summed E-state index contributed by atoms with van der Waals surface area (Å²) in [7, 11) is 0. The summed E-state index contributed by atoms with van der Waals surface area (Å²) in [4.78, 5) is 22.9. The van der Waals surface area contributed by atoms with Crippen molar-refractivity contribution in [2.24, 2.45) is 0 Å². The fraction of sp³-hybridized carbons (Fsp3) is 0.286. The maximum atomic E-state index is 12.6. The highest BCUT2D eigenvalue weighted by molar-refractivity contribution is 6.19. The van der Waals surface area contributed by atoms with Gasteiger partial charge in [-0.25, -0.2) is 4.79 Å². The summed E-state index contributed by atoms with van der Waals surface area (Å²) >= 11 is 0. The zero-order valence-electron chi connectivity index (χ0n) is 11.0. The molecule has 0 bridgehead atoms. The molecule has 3 nitrogen and oxygen atoms in total. The highest BCUT2D eigenvalue weighted by atomic mass is 19.4. The Morgan fingerprint density at radius 1 is 1.30 bits per heavy atom.